The van der Waals surface area contributed by atoms with E-state index in [-0.39, 0.29) is 12.5 Å². The Morgan fingerprint density at radius 1 is 0.926 bits per heavy atom. The van der Waals surface area contributed by atoms with Crippen LogP contribution < -0.4 is 20.9 Å². The topological polar surface area (TPSA) is 73.5 Å². The van der Waals surface area contributed by atoms with Gasteiger partial charge in [0, 0.05) is 35.2 Å². The van der Waals surface area contributed by atoms with E-state index in [1.54, 1.807) is 24.3 Å². The van der Waals surface area contributed by atoms with Gasteiger partial charge in [0.05, 0.1) is 6.54 Å². The molecule has 3 N–H and O–H groups in total. The smallest absolute Gasteiger partial charge is 0.319 e. The third kappa shape index (κ3) is 5.89. The van der Waals surface area contributed by atoms with Gasteiger partial charge in [-0.05, 0) is 61.7 Å². The molecule has 27 heavy (non-hydrogen) atoms. The number of halogens is 1. The molecule has 6 nitrogen and oxygen atoms in total. The lowest BCUT2D eigenvalue weighted by Crippen LogP contribution is -2.35. The van der Waals surface area contributed by atoms with Gasteiger partial charge in [0.2, 0.25) is 5.91 Å². The maximum Gasteiger partial charge on any atom is 0.319 e. The molecule has 142 valence electrons. The highest BCUT2D eigenvalue weighted by molar-refractivity contribution is 6.30. The van der Waals surface area contributed by atoms with Gasteiger partial charge in [-0.25, -0.2) is 4.79 Å². The molecule has 3 amide bonds. The van der Waals surface area contributed by atoms with Crippen molar-refractivity contribution in [2.45, 2.75) is 19.3 Å². The van der Waals surface area contributed by atoms with E-state index < -0.39 is 6.03 Å². The zero-order valence-corrected chi connectivity index (χ0v) is 15.8. The standard InChI is InChI=1S/C20H23ClN4O2/c21-15-5-4-6-17(13-15)24-20(27)22-14-19(26)23-16-7-9-18(10-8-16)25-11-2-1-3-12-25/h4-10,13H,1-3,11-12,14H2,(H,23,26)(H2,22,24,27). The summed E-state index contributed by atoms with van der Waals surface area (Å²) in [6.07, 6.45) is 3.74. The van der Waals surface area contributed by atoms with Crippen molar-refractivity contribution in [2.75, 3.05) is 35.2 Å². The predicted octanol–water partition coefficient (Wildman–Crippen LogP) is 4.09. The number of amides is 3. The molecule has 7 heteroatoms. The molecule has 1 aliphatic rings. The summed E-state index contributed by atoms with van der Waals surface area (Å²) in [6, 6.07) is 14.1. The minimum atomic E-state index is -0.465. The molecule has 1 aliphatic heterocycles. The van der Waals surface area contributed by atoms with Crippen LogP contribution in [0.4, 0.5) is 21.9 Å². The van der Waals surface area contributed by atoms with E-state index in [0.717, 1.165) is 13.1 Å². The van der Waals surface area contributed by atoms with Crippen LogP contribution in [0, 0.1) is 0 Å². The molecular formula is C20H23ClN4O2. The second-order valence-corrected chi connectivity index (χ2v) is 6.90. The summed E-state index contributed by atoms with van der Waals surface area (Å²) in [4.78, 5) is 26.2. The van der Waals surface area contributed by atoms with Gasteiger partial charge in [0.1, 0.15) is 0 Å². The second-order valence-electron chi connectivity index (χ2n) is 6.46. The minimum Gasteiger partial charge on any atom is -0.372 e. The molecule has 1 heterocycles. The zero-order valence-electron chi connectivity index (χ0n) is 15.0. The van der Waals surface area contributed by atoms with Crippen molar-refractivity contribution in [1.82, 2.24) is 5.32 Å². The summed E-state index contributed by atoms with van der Waals surface area (Å²) in [5.74, 6) is -0.290. The van der Waals surface area contributed by atoms with E-state index in [9.17, 15) is 9.59 Å². The largest absolute Gasteiger partial charge is 0.372 e. The lowest BCUT2D eigenvalue weighted by Gasteiger charge is -2.28. The lowest BCUT2D eigenvalue weighted by molar-refractivity contribution is -0.115. The van der Waals surface area contributed by atoms with Crippen molar-refractivity contribution in [3.8, 4) is 0 Å². The third-order valence-corrected chi connectivity index (χ3v) is 4.60. The van der Waals surface area contributed by atoms with Crippen molar-refractivity contribution in [2.24, 2.45) is 0 Å². The zero-order chi connectivity index (χ0) is 19.1. The van der Waals surface area contributed by atoms with Crippen molar-refractivity contribution < 1.29 is 9.59 Å². The molecule has 1 saturated heterocycles. The van der Waals surface area contributed by atoms with E-state index in [1.807, 2.05) is 24.3 Å². The first-order valence-electron chi connectivity index (χ1n) is 9.05. The summed E-state index contributed by atoms with van der Waals surface area (Å²) in [5, 5.41) is 8.45. The average Bonchev–Trinajstić information content (AvgIpc) is 2.68. The van der Waals surface area contributed by atoms with Crippen LogP contribution in [0.1, 0.15) is 19.3 Å². The Balaban J connectivity index is 1.44. The fraction of sp³-hybridized carbons (Fsp3) is 0.300. The first kappa shape index (κ1) is 19.0. The molecular weight excluding hydrogens is 364 g/mol. The maximum absolute atomic E-state index is 12.0. The van der Waals surface area contributed by atoms with Crippen LogP contribution in [0.5, 0.6) is 0 Å². The van der Waals surface area contributed by atoms with E-state index in [0.29, 0.717) is 16.4 Å². The highest BCUT2D eigenvalue weighted by Crippen LogP contribution is 2.21. The van der Waals surface area contributed by atoms with Gasteiger partial charge < -0.3 is 20.9 Å². The Bertz CT molecular complexity index is 789. The predicted molar refractivity (Wildman–Crippen MR) is 110 cm³/mol. The molecule has 0 bridgehead atoms. The minimum absolute atomic E-state index is 0.125. The summed E-state index contributed by atoms with van der Waals surface area (Å²) < 4.78 is 0. The Kier molecular flexibility index (Phi) is 6.54. The molecule has 0 unspecified atom stereocenters. The number of anilines is 3. The van der Waals surface area contributed by atoms with Crippen molar-refractivity contribution in [3.63, 3.8) is 0 Å². The number of piperidine rings is 1. The molecule has 2 aromatic carbocycles. The number of carbonyl (C=O) groups is 2. The number of nitrogens with one attached hydrogen (secondary N) is 3. The van der Waals surface area contributed by atoms with Crippen LogP contribution in [0.2, 0.25) is 5.02 Å². The number of benzene rings is 2. The molecule has 0 saturated carbocycles. The Morgan fingerprint density at radius 2 is 1.67 bits per heavy atom. The Morgan fingerprint density at radius 3 is 2.37 bits per heavy atom. The van der Waals surface area contributed by atoms with Gasteiger partial charge in [-0.2, -0.15) is 0 Å². The number of nitrogens with zero attached hydrogens (tertiary/aromatic N) is 1. The summed E-state index contributed by atoms with van der Waals surface area (Å²) in [6.45, 7) is 2.04. The van der Waals surface area contributed by atoms with Crippen molar-refractivity contribution in [1.29, 1.82) is 0 Å². The van der Waals surface area contributed by atoms with Crippen LogP contribution in [-0.4, -0.2) is 31.6 Å². The highest BCUT2D eigenvalue weighted by Gasteiger charge is 2.11. The van der Waals surface area contributed by atoms with Crippen LogP contribution >= 0.6 is 11.6 Å². The van der Waals surface area contributed by atoms with Gasteiger partial charge in [-0.1, -0.05) is 17.7 Å². The first-order valence-corrected chi connectivity index (χ1v) is 9.43. The summed E-state index contributed by atoms with van der Waals surface area (Å²) in [5.41, 5.74) is 2.44. The van der Waals surface area contributed by atoms with Gasteiger partial charge in [-0.3, -0.25) is 4.79 Å². The van der Waals surface area contributed by atoms with Gasteiger partial charge in [-0.15, -0.1) is 0 Å². The van der Waals surface area contributed by atoms with Crippen LogP contribution in [0.15, 0.2) is 48.5 Å². The van der Waals surface area contributed by atoms with Crippen LogP contribution in [-0.2, 0) is 4.79 Å². The molecule has 3 rings (SSSR count). The number of carbonyl (C=O) groups excluding carboxylic acids is 2. The fourth-order valence-corrected chi connectivity index (χ4v) is 3.21. The number of rotatable bonds is 5. The lowest BCUT2D eigenvalue weighted by atomic mass is 10.1. The quantitative estimate of drug-likeness (QED) is 0.724. The van der Waals surface area contributed by atoms with Gasteiger partial charge >= 0.3 is 6.03 Å². The molecule has 0 spiro atoms. The maximum atomic E-state index is 12.0. The molecule has 1 fully saturated rings. The van der Waals surface area contributed by atoms with E-state index in [2.05, 4.69) is 20.9 Å². The van der Waals surface area contributed by atoms with Crippen LogP contribution in [0.25, 0.3) is 0 Å². The monoisotopic (exact) mass is 386 g/mol. The molecule has 0 atom stereocenters. The Hall–Kier alpha value is -2.73. The molecule has 0 radical (unpaired) electrons. The SMILES string of the molecule is O=C(CNC(=O)Nc1cccc(Cl)c1)Nc1ccc(N2CCCCC2)cc1. The summed E-state index contributed by atoms with van der Waals surface area (Å²) >= 11 is 5.87. The van der Waals surface area contributed by atoms with Crippen LogP contribution in [0.3, 0.4) is 0 Å². The number of urea groups is 1. The highest BCUT2D eigenvalue weighted by atomic mass is 35.5. The van der Waals surface area contributed by atoms with Crippen molar-refractivity contribution in [3.05, 3.63) is 53.6 Å². The number of hydrogen-bond donors (Lipinski definition) is 3. The molecule has 0 aromatic heterocycles. The van der Waals surface area contributed by atoms with E-state index in [4.69, 9.17) is 11.6 Å². The molecule has 2 aromatic rings. The second kappa shape index (κ2) is 9.28. The number of hydrogen-bond acceptors (Lipinski definition) is 3. The van der Waals surface area contributed by atoms with E-state index >= 15 is 0 Å². The van der Waals surface area contributed by atoms with E-state index in [1.165, 1.54) is 24.9 Å². The van der Waals surface area contributed by atoms with Gasteiger partial charge in [0.25, 0.3) is 0 Å². The first-order chi connectivity index (χ1) is 13.1. The summed E-state index contributed by atoms with van der Waals surface area (Å²) in [7, 11) is 0. The third-order valence-electron chi connectivity index (χ3n) is 4.36. The van der Waals surface area contributed by atoms with Crippen molar-refractivity contribution >= 4 is 40.6 Å². The average molecular weight is 387 g/mol. The normalized spacial score (nSPS) is 13.7. The molecule has 0 aliphatic carbocycles. The Labute approximate surface area is 163 Å². The van der Waals surface area contributed by atoms with Gasteiger partial charge in [0.15, 0.2) is 0 Å². The fourth-order valence-electron chi connectivity index (χ4n) is 3.01.